The zero-order valence-electron chi connectivity index (χ0n) is 19.3. The van der Waals surface area contributed by atoms with E-state index in [1.165, 1.54) is 0 Å². The molecule has 7 nitrogen and oxygen atoms in total. The third-order valence-electron chi connectivity index (χ3n) is 6.13. The van der Waals surface area contributed by atoms with Crippen molar-refractivity contribution in [3.63, 3.8) is 0 Å². The summed E-state index contributed by atoms with van der Waals surface area (Å²) in [5.41, 5.74) is 3.94. The molecular weight excluding hydrogens is 430 g/mol. The van der Waals surface area contributed by atoms with Crippen LogP contribution in [-0.4, -0.2) is 37.4 Å². The van der Waals surface area contributed by atoms with E-state index < -0.39 is 0 Å². The van der Waals surface area contributed by atoms with Crippen molar-refractivity contribution >= 4 is 28.1 Å². The number of aromatic nitrogens is 1. The Hall–Kier alpha value is -3.84. The average Bonchev–Trinajstić information content (AvgIpc) is 3.19. The summed E-state index contributed by atoms with van der Waals surface area (Å²) in [6.45, 7) is 7.09. The van der Waals surface area contributed by atoms with E-state index >= 15 is 0 Å². The standard InChI is InChI=1S/C27H27N3O4/c1-18-25(19(2)34-29-18)17-33-26-15-21-7-4-3-6-20(21)14-24(26)27(31)28-22-8-5-9-23(16-22)30-10-12-32-13-11-30/h3-9,14-16H,10-13,17H2,1-2H3,(H,28,31). The van der Waals surface area contributed by atoms with Gasteiger partial charge in [0.2, 0.25) is 0 Å². The predicted octanol–water partition coefficient (Wildman–Crippen LogP) is 5.11. The van der Waals surface area contributed by atoms with Crippen molar-refractivity contribution in [2.45, 2.75) is 20.5 Å². The molecule has 0 radical (unpaired) electrons. The van der Waals surface area contributed by atoms with E-state index in [0.717, 1.165) is 46.5 Å². The molecule has 2 heterocycles. The average molecular weight is 458 g/mol. The van der Waals surface area contributed by atoms with Crippen LogP contribution in [0.4, 0.5) is 11.4 Å². The number of ether oxygens (including phenoxy) is 2. The normalized spacial score (nSPS) is 13.8. The zero-order valence-corrected chi connectivity index (χ0v) is 19.3. The molecule has 1 amide bonds. The quantitative estimate of drug-likeness (QED) is 0.433. The molecule has 4 aromatic rings. The number of hydrogen-bond acceptors (Lipinski definition) is 6. The van der Waals surface area contributed by atoms with Crippen LogP contribution >= 0.6 is 0 Å². The van der Waals surface area contributed by atoms with Crippen molar-refractivity contribution in [3.05, 3.63) is 83.2 Å². The van der Waals surface area contributed by atoms with Gasteiger partial charge in [-0.3, -0.25) is 4.79 Å². The van der Waals surface area contributed by atoms with Crippen LogP contribution in [0, 0.1) is 13.8 Å². The van der Waals surface area contributed by atoms with Crippen molar-refractivity contribution in [1.82, 2.24) is 5.16 Å². The molecule has 0 aliphatic carbocycles. The van der Waals surface area contributed by atoms with Gasteiger partial charge in [0.15, 0.2) is 0 Å². The minimum absolute atomic E-state index is 0.223. The molecule has 5 rings (SSSR count). The molecule has 0 saturated carbocycles. The number of aryl methyl sites for hydroxylation is 2. The topological polar surface area (TPSA) is 76.8 Å². The van der Waals surface area contributed by atoms with Gasteiger partial charge in [-0.1, -0.05) is 35.5 Å². The lowest BCUT2D eigenvalue weighted by Crippen LogP contribution is -2.36. The monoisotopic (exact) mass is 457 g/mol. The van der Waals surface area contributed by atoms with Crippen LogP contribution in [-0.2, 0) is 11.3 Å². The predicted molar refractivity (Wildman–Crippen MR) is 132 cm³/mol. The van der Waals surface area contributed by atoms with Crippen molar-refractivity contribution in [1.29, 1.82) is 0 Å². The molecule has 7 heteroatoms. The van der Waals surface area contributed by atoms with E-state index in [4.69, 9.17) is 14.0 Å². The molecule has 1 fully saturated rings. The molecule has 1 aliphatic heterocycles. The third-order valence-corrected chi connectivity index (χ3v) is 6.13. The second-order valence-corrected chi connectivity index (χ2v) is 8.39. The minimum atomic E-state index is -0.223. The molecule has 1 aromatic heterocycles. The number of rotatable bonds is 6. The lowest BCUT2D eigenvalue weighted by atomic mass is 10.0. The summed E-state index contributed by atoms with van der Waals surface area (Å²) in [6.07, 6.45) is 0. The first-order chi connectivity index (χ1) is 16.6. The summed E-state index contributed by atoms with van der Waals surface area (Å²) >= 11 is 0. The number of nitrogens with zero attached hydrogens (tertiary/aromatic N) is 2. The number of morpholine rings is 1. The summed E-state index contributed by atoms with van der Waals surface area (Å²) < 4.78 is 16.8. The van der Waals surface area contributed by atoms with Gasteiger partial charge in [0.05, 0.1) is 30.0 Å². The first-order valence-corrected chi connectivity index (χ1v) is 11.4. The van der Waals surface area contributed by atoms with Gasteiger partial charge in [-0.25, -0.2) is 0 Å². The summed E-state index contributed by atoms with van der Waals surface area (Å²) in [4.78, 5) is 15.7. The van der Waals surface area contributed by atoms with Gasteiger partial charge in [0, 0.05) is 24.5 Å². The second-order valence-electron chi connectivity index (χ2n) is 8.39. The Morgan fingerprint density at radius 1 is 1.03 bits per heavy atom. The highest BCUT2D eigenvalue weighted by molar-refractivity contribution is 6.08. The molecular formula is C27H27N3O4. The molecule has 0 spiro atoms. The summed E-state index contributed by atoms with van der Waals surface area (Å²) in [6, 6.07) is 19.6. The molecule has 0 unspecified atom stereocenters. The SMILES string of the molecule is Cc1noc(C)c1COc1cc2ccccc2cc1C(=O)Nc1cccc(N2CCOCC2)c1. The van der Waals surface area contributed by atoms with Crippen molar-refractivity contribution in [2.75, 3.05) is 36.5 Å². The molecule has 0 bridgehead atoms. The van der Waals surface area contributed by atoms with Crippen LogP contribution in [0.3, 0.4) is 0 Å². The van der Waals surface area contributed by atoms with Crippen LogP contribution in [0.15, 0.2) is 65.2 Å². The zero-order chi connectivity index (χ0) is 23.5. The maximum absolute atomic E-state index is 13.4. The fourth-order valence-electron chi connectivity index (χ4n) is 4.17. The van der Waals surface area contributed by atoms with E-state index in [-0.39, 0.29) is 12.5 Å². The van der Waals surface area contributed by atoms with Crippen LogP contribution in [0.2, 0.25) is 0 Å². The maximum atomic E-state index is 13.4. The Kier molecular flexibility index (Phi) is 6.18. The number of amides is 1. The largest absolute Gasteiger partial charge is 0.488 e. The van der Waals surface area contributed by atoms with Crippen molar-refractivity contribution in [2.24, 2.45) is 0 Å². The molecule has 34 heavy (non-hydrogen) atoms. The van der Waals surface area contributed by atoms with Crippen LogP contribution in [0.25, 0.3) is 10.8 Å². The summed E-state index contributed by atoms with van der Waals surface area (Å²) in [5, 5.41) is 9.02. The van der Waals surface area contributed by atoms with Crippen LogP contribution in [0.5, 0.6) is 5.75 Å². The highest BCUT2D eigenvalue weighted by Gasteiger charge is 2.18. The van der Waals surface area contributed by atoms with E-state index in [9.17, 15) is 4.79 Å². The first-order valence-electron chi connectivity index (χ1n) is 11.4. The molecule has 1 aliphatic rings. The Bertz CT molecular complexity index is 1310. The first kappa shape index (κ1) is 22.0. The second kappa shape index (κ2) is 9.57. The van der Waals surface area contributed by atoms with Gasteiger partial charge in [0.1, 0.15) is 18.1 Å². The van der Waals surface area contributed by atoms with E-state index in [0.29, 0.717) is 30.3 Å². The summed E-state index contributed by atoms with van der Waals surface area (Å²) in [5.74, 6) is 1.00. The highest BCUT2D eigenvalue weighted by Crippen LogP contribution is 2.29. The number of nitrogens with one attached hydrogen (secondary N) is 1. The molecule has 1 saturated heterocycles. The Labute approximate surface area is 198 Å². The number of carbonyl (C=O) groups is 1. The van der Waals surface area contributed by atoms with E-state index in [2.05, 4.69) is 21.4 Å². The lowest BCUT2D eigenvalue weighted by molar-refractivity contribution is 0.102. The van der Waals surface area contributed by atoms with Gasteiger partial charge in [-0.15, -0.1) is 0 Å². The van der Waals surface area contributed by atoms with Gasteiger partial charge >= 0.3 is 0 Å². The van der Waals surface area contributed by atoms with E-state index in [1.807, 2.05) is 68.4 Å². The number of benzene rings is 3. The number of hydrogen-bond donors (Lipinski definition) is 1. The molecule has 3 aromatic carbocycles. The summed E-state index contributed by atoms with van der Waals surface area (Å²) in [7, 11) is 0. The van der Waals surface area contributed by atoms with Gasteiger partial charge in [-0.05, 0) is 55.0 Å². The maximum Gasteiger partial charge on any atom is 0.259 e. The fraction of sp³-hybridized carbons (Fsp3) is 0.259. The smallest absolute Gasteiger partial charge is 0.259 e. The number of carbonyl (C=O) groups excluding carboxylic acids is 1. The van der Waals surface area contributed by atoms with Crippen molar-refractivity contribution in [3.8, 4) is 5.75 Å². The van der Waals surface area contributed by atoms with E-state index in [1.54, 1.807) is 0 Å². The molecule has 1 N–H and O–H groups in total. The lowest BCUT2D eigenvalue weighted by Gasteiger charge is -2.29. The molecule has 0 atom stereocenters. The minimum Gasteiger partial charge on any atom is -0.488 e. The number of fused-ring (bicyclic) bond motifs is 1. The Balaban J connectivity index is 1.42. The Morgan fingerprint density at radius 2 is 1.79 bits per heavy atom. The van der Waals surface area contributed by atoms with Gasteiger partial charge in [-0.2, -0.15) is 0 Å². The van der Waals surface area contributed by atoms with Gasteiger partial charge in [0.25, 0.3) is 5.91 Å². The van der Waals surface area contributed by atoms with Crippen LogP contribution in [0.1, 0.15) is 27.4 Å². The number of anilines is 2. The van der Waals surface area contributed by atoms with Crippen molar-refractivity contribution < 1.29 is 18.8 Å². The van der Waals surface area contributed by atoms with Crippen LogP contribution < -0.4 is 15.0 Å². The Morgan fingerprint density at radius 3 is 2.53 bits per heavy atom. The third kappa shape index (κ3) is 4.61. The molecule has 174 valence electrons. The fourth-order valence-corrected chi connectivity index (χ4v) is 4.17. The highest BCUT2D eigenvalue weighted by atomic mass is 16.5. The van der Waals surface area contributed by atoms with Gasteiger partial charge < -0.3 is 24.2 Å².